The van der Waals surface area contributed by atoms with Crippen molar-refractivity contribution < 1.29 is 0 Å². The van der Waals surface area contributed by atoms with Crippen LogP contribution in [0.4, 0.5) is 11.4 Å². The van der Waals surface area contributed by atoms with Crippen LogP contribution in [0, 0.1) is 5.92 Å². The summed E-state index contributed by atoms with van der Waals surface area (Å²) in [4.78, 5) is 2.53. The number of aromatic nitrogens is 1. The zero-order valence-electron chi connectivity index (χ0n) is 30.5. The highest BCUT2D eigenvalue weighted by molar-refractivity contribution is 7.26. The minimum Gasteiger partial charge on any atom is -0.312 e. The second-order valence-electron chi connectivity index (χ2n) is 15.7. The minimum atomic E-state index is 0.0282. The molecule has 0 radical (unpaired) electrons. The number of rotatable bonds is 5. The summed E-state index contributed by atoms with van der Waals surface area (Å²) in [6.45, 7) is 4.85. The first-order valence-electron chi connectivity index (χ1n) is 19.2. The van der Waals surface area contributed by atoms with Gasteiger partial charge >= 0.3 is 0 Å². The molecular formula is C51H40N2S. The lowest BCUT2D eigenvalue weighted by atomic mass is 9.74. The first-order valence-corrected chi connectivity index (χ1v) is 20.0. The van der Waals surface area contributed by atoms with E-state index in [1.165, 1.54) is 81.4 Å². The Bertz CT molecular complexity index is 2860. The molecule has 54 heavy (non-hydrogen) atoms. The molecule has 3 aliphatic carbocycles. The number of benzene rings is 6. The summed E-state index contributed by atoms with van der Waals surface area (Å²) in [7, 11) is 0. The Morgan fingerprint density at radius 3 is 2.17 bits per heavy atom. The second-order valence-corrected chi connectivity index (χ2v) is 16.7. The number of anilines is 2. The molecule has 2 aromatic heterocycles. The highest BCUT2D eigenvalue weighted by Crippen LogP contribution is 2.55. The Hall–Kier alpha value is -5.90. The molecule has 0 amide bonds. The molecule has 8 aromatic rings. The fourth-order valence-corrected chi connectivity index (χ4v) is 11.1. The summed E-state index contributed by atoms with van der Waals surface area (Å²) < 4.78 is 5.14. The number of hydrogen-bond donors (Lipinski definition) is 0. The molecule has 0 saturated carbocycles. The van der Waals surface area contributed by atoms with Gasteiger partial charge in [0.25, 0.3) is 0 Å². The van der Waals surface area contributed by atoms with Crippen molar-refractivity contribution in [3.63, 3.8) is 0 Å². The van der Waals surface area contributed by atoms with Gasteiger partial charge in [-0.05, 0) is 83.0 Å². The van der Waals surface area contributed by atoms with Gasteiger partial charge in [0, 0.05) is 55.2 Å². The quantitative estimate of drug-likeness (QED) is 0.172. The van der Waals surface area contributed by atoms with E-state index in [1.807, 2.05) is 11.3 Å². The monoisotopic (exact) mass is 712 g/mol. The van der Waals surface area contributed by atoms with Crippen LogP contribution in [0.25, 0.3) is 47.7 Å². The average molecular weight is 713 g/mol. The third-order valence-corrected chi connectivity index (χ3v) is 13.7. The molecule has 3 atom stereocenters. The smallest absolute Gasteiger partial charge is 0.0640 e. The van der Waals surface area contributed by atoms with Crippen LogP contribution < -0.4 is 4.90 Å². The zero-order valence-corrected chi connectivity index (χ0v) is 31.3. The summed E-state index contributed by atoms with van der Waals surface area (Å²) >= 11 is 1.90. The van der Waals surface area contributed by atoms with Gasteiger partial charge < -0.3 is 9.47 Å². The van der Waals surface area contributed by atoms with Crippen molar-refractivity contribution in [1.29, 1.82) is 0 Å². The van der Waals surface area contributed by atoms with Crippen LogP contribution in [0.5, 0.6) is 0 Å². The topological polar surface area (TPSA) is 8.17 Å². The fourth-order valence-electron chi connectivity index (χ4n) is 9.87. The molecule has 2 heterocycles. The van der Waals surface area contributed by atoms with Crippen LogP contribution in [-0.2, 0) is 5.41 Å². The second kappa shape index (κ2) is 12.1. The predicted molar refractivity (Wildman–Crippen MR) is 231 cm³/mol. The molecule has 0 bridgehead atoms. The molecule has 6 aromatic carbocycles. The average Bonchev–Trinajstić information content (AvgIpc) is 3.85. The van der Waals surface area contributed by atoms with Crippen molar-refractivity contribution in [2.45, 2.75) is 37.5 Å². The van der Waals surface area contributed by atoms with Crippen LogP contribution in [0.3, 0.4) is 0 Å². The lowest BCUT2D eigenvalue weighted by Crippen LogP contribution is -2.28. The van der Waals surface area contributed by atoms with Gasteiger partial charge in [-0.15, -0.1) is 11.3 Å². The number of para-hydroxylation sites is 2. The maximum Gasteiger partial charge on any atom is 0.0640 e. The fraction of sp³-hybridized carbons (Fsp3) is 0.137. The largest absolute Gasteiger partial charge is 0.312 e. The van der Waals surface area contributed by atoms with E-state index in [-0.39, 0.29) is 11.3 Å². The molecule has 260 valence electrons. The first kappa shape index (κ1) is 31.6. The highest BCUT2D eigenvalue weighted by Gasteiger charge is 2.45. The normalized spacial score (nSPS) is 20.0. The van der Waals surface area contributed by atoms with Crippen molar-refractivity contribution >= 4 is 70.4 Å². The number of nitrogens with zero attached hydrogens (tertiary/aromatic N) is 2. The van der Waals surface area contributed by atoms with Crippen LogP contribution in [0.2, 0.25) is 0 Å². The molecule has 0 spiro atoms. The molecule has 3 unspecified atom stereocenters. The van der Waals surface area contributed by atoms with Crippen LogP contribution in [0.15, 0.2) is 182 Å². The highest BCUT2D eigenvalue weighted by atomic mass is 32.1. The number of allylic oxidation sites excluding steroid dienone is 7. The molecular weight excluding hydrogens is 673 g/mol. The van der Waals surface area contributed by atoms with Gasteiger partial charge in [-0.1, -0.05) is 141 Å². The predicted octanol–water partition coefficient (Wildman–Crippen LogP) is 14.0. The van der Waals surface area contributed by atoms with E-state index in [2.05, 4.69) is 199 Å². The number of hydrogen-bond acceptors (Lipinski definition) is 2. The van der Waals surface area contributed by atoms with Gasteiger partial charge in [0.15, 0.2) is 0 Å². The Balaban J connectivity index is 1.04. The molecule has 0 N–H and O–H groups in total. The van der Waals surface area contributed by atoms with Gasteiger partial charge in [0.2, 0.25) is 0 Å². The van der Waals surface area contributed by atoms with Gasteiger partial charge in [0.05, 0.1) is 21.4 Å². The minimum absolute atomic E-state index is 0.0282. The Labute approximate surface area is 320 Å². The Kier molecular flexibility index (Phi) is 7.06. The summed E-state index contributed by atoms with van der Waals surface area (Å²) in [5.74, 6) is 0.982. The third kappa shape index (κ3) is 4.64. The zero-order chi connectivity index (χ0) is 36.0. The van der Waals surface area contributed by atoms with Gasteiger partial charge in [-0.2, -0.15) is 0 Å². The maximum absolute atomic E-state index is 2.57. The van der Waals surface area contributed by atoms with E-state index in [4.69, 9.17) is 0 Å². The Morgan fingerprint density at radius 1 is 0.685 bits per heavy atom. The number of fused-ring (bicyclic) bond motifs is 9. The SMILES string of the molecule is CC1(C)c2ccccc2C2C=CC(N(c3ccc(C4CC=CC=C4n4c5ccccc5c5ccccc54)cc3)c3cccc4c3sc3ccccc34)=CC21. The molecule has 2 nitrogen and oxygen atoms in total. The van der Waals surface area contributed by atoms with Crippen molar-refractivity contribution in [3.8, 4) is 0 Å². The molecule has 0 aliphatic heterocycles. The van der Waals surface area contributed by atoms with Gasteiger partial charge in [0.1, 0.15) is 0 Å². The standard InChI is InChI=1S/C51H40N2S/c1-51(2)43-20-8-3-15-37(43)38-31-30-35(32-44(38)51)52(48-24-13-19-42-41-18-7-12-25-49(41)54-50(42)48)34-28-26-33(27-29-34)36-14-4-9-21-45(36)53-46-22-10-5-16-39(46)40-17-6-11-23-47(40)53/h3-13,15-32,36,38,44H,14H2,1-2H3. The van der Waals surface area contributed by atoms with E-state index < -0.39 is 0 Å². The molecule has 0 fully saturated rings. The van der Waals surface area contributed by atoms with Crippen molar-refractivity contribution in [2.24, 2.45) is 5.92 Å². The van der Waals surface area contributed by atoms with E-state index >= 15 is 0 Å². The summed E-state index contributed by atoms with van der Waals surface area (Å²) in [5.41, 5.74) is 11.8. The molecule has 11 rings (SSSR count). The molecule has 3 aliphatic rings. The molecule has 3 heteroatoms. The lowest BCUT2D eigenvalue weighted by molar-refractivity contribution is 0.392. The van der Waals surface area contributed by atoms with Gasteiger partial charge in [-0.3, -0.25) is 0 Å². The van der Waals surface area contributed by atoms with Gasteiger partial charge in [-0.25, -0.2) is 0 Å². The Morgan fingerprint density at radius 2 is 1.37 bits per heavy atom. The third-order valence-electron chi connectivity index (χ3n) is 12.5. The number of thiophene rings is 1. The van der Waals surface area contributed by atoms with Crippen LogP contribution in [-0.4, -0.2) is 4.57 Å². The van der Waals surface area contributed by atoms with Crippen LogP contribution in [0.1, 0.15) is 48.8 Å². The van der Waals surface area contributed by atoms with E-state index in [0.29, 0.717) is 11.8 Å². The van der Waals surface area contributed by atoms with E-state index in [1.54, 1.807) is 0 Å². The summed E-state index contributed by atoms with van der Waals surface area (Å²) in [6.07, 6.45) is 15.3. The summed E-state index contributed by atoms with van der Waals surface area (Å²) in [5, 5.41) is 5.24. The first-order chi connectivity index (χ1) is 26.6. The summed E-state index contributed by atoms with van der Waals surface area (Å²) in [6, 6.07) is 51.9. The molecule has 0 saturated heterocycles. The van der Waals surface area contributed by atoms with Crippen molar-refractivity contribution in [2.75, 3.05) is 4.90 Å². The van der Waals surface area contributed by atoms with E-state index in [0.717, 1.165) is 6.42 Å². The lowest BCUT2D eigenvalue weighted by Gasteiger charge is -2.35. The van der Waals surface area contributed by atoms with Crippen LogP contribution >= 0.6 is 11.3 Å². The van der Waals surface area contributed by atoms with Crippen molar-refractivity contribution in [1.82, 2.24) is 4.57 Å². The van der Waals surface area contributed by atoms with E-state index in [9.17, 15) is 0 Å². The maximum atomic E-state index is 2.57. The van der Waals surface area contributed by atoms with Crippen molar-refractivity contribution in [3.05, 3.63) is 198 Å².